The second kappa shape index (κ2) is 5.85. The smallest absolute Gasteiger partial charge is 0.0424 e. The lowest BCUT2D eigenvalue weighted by molar-refractivity contribution is 0.271. The Labute approximate surface area is 112 Å². The SMILES string of the molecule is CCN1CCN(c2cccc(Br)c2CN)CC1. The molecule has 0 unspecified atom stereocenters. The molecule has 94 valence electrons. The summed E-state index contributed by atoms with van der Waals surface area (Å²) < 4.78 is 1.12. The molecule has 0 saturated carbocycles. The van der Waals surface area contributed by atoms with Gasteiger partial charge in [0.15, 0.2) is 0 Å². The molecule has 1 aliphatic heterocycles. The number of halogens is 1. The van der Waals surface area contributed by atoms with Crippen LogP contribution in [0.15, 0.2) is 22.7 Å². The van der Waals surface area contributed by atoms with Gasteiger partial charge in [-0.2, -0.15) is 0 Å². The Kier molecular flexibility index (Phi) is 4.42. The zero-order chi connectivity index (χ0) is 12.3. The number of rotatable bonds is 3. The van der Waals surface area contributed by atoms with Crippen LogP contribution >= 0.6 is 15.9 Å². The number of piperazine rings is 1. The lowest BCUT2D eigenvalue weighted by atomic mass is 10.1. The molecule has 1 saturated heterocycles. The van der Waals surface area contributed by atoms with E-state index in [1.165, 1.54) is 11.3 Å². The first-order valence-electron chi connectivity index (χ1n) is 6.21. The minimum absolute atomic E-state index is 0.588. The first kappa shape index (κ1) is 12.9. The number of hydrogen-bond donors (Lipinski definition) is 1. The standard InChI is InChI=1S/C13H20BrN3/c1-2-16-6-8-17(9-7-16)13-5-3-4-12(14)11(13)10-15/h3-5H,2,6-10,15H2,1H3. The van der Waals surface area contributed by atoms with Crippen molar-refractivity contribution in [3.8, 4) is 0 Å². The Morgan fingerprint density at radius 2 is 1.94 bits per heavy atom. The van der Waals surface area contributed by atoms with Crippen molar-refractivity contribution in [1.29, 1.82) is 0 Å². The first-order chi connectivity index (χ1) is 8.26. The molecule has 0 radical (unpaired) electrons. The van der Waals surface area contributed by atoms with Crippen molar-refractivity contribution in [2.24, 2.45) is 5.73 Å². The van der Waals surface area contributed by atoms with Gasteiger partial charge in [-0.15, -0.1) is 0 Å². The minimum atomic E-state index is 0.588. The summed E-state index contributed by atoms with van der Waals surface area (Å²) in [6.45, 7) is 8.44. The maximum atomic E-state index is 5.84. The van der Waals surface area contributed by atoms with E-state index in [9.17, 15) is 0 Å². The van der Waals surface area contributed by atoms with Crippen molar-refractivity contribution in [3.05, 3.63) is 28.2 Å². The van der Waals surface area contributed by atoms with Crippen LogP contribution in [0.1, 0.15) is 12.5 Å². The second-order valence-electron chi connectivity index (χ2n) is 4.36. The topological polar surface area (TPSA) is 32.5 Å². The van der Waals surface area contributed by atoms with Gasteiger partial charge >= 0.3 is 0 Å². The van der Waals surface area contributed by atoms with Crippen molar-refractivity contribution < 1.29 is 0 Å². The summed E-state index contributed by atoms with van der Waals surface area (Å²) in [5.41, 5.74) is 8.35. The molecule has 1 aromatic rings. The van der Waals surface area contributed by atoms with Crippen molar-refractivity contribution in [2.75, 3.05) is 37.6 Å². The maximum absolute atomic E-state index is 5.84. The maximum Gasteiger partial charge on any atom is 0.0424 e. The lowest BCUT2D eigenvalue weighted by Crippen LogP contribution is -2.46. The van der Waals surface area contributed by atoms with Crippen molar-refractivity contribution in [3.63, 3.8) is 0 Å². The van der Waals surface area contributed by atoms with Crippen LogP contribution < -0.4 is 10.6 Å². The van der Waals surface area contributed by atoms with Gasteiger partial charge in [0.25, 0.3) is 0 Å². The van der Waals surface area contributed by atoms with E-state index in [1.807, 2.05) is 0 Å². The molecule has 1 heterocycles. The molecule has 0 spiro atoms. The molecular weight excluding hydrogens is 278 g/mol. The molecule has 3 nitrogen and oxygen atoms in total. The Bertz CT molecular complexity index is 373. The summed E-state index contributed by atoms with van der Waals surface area (Å²) in [6, 6.07) is 6.33. The Morgan fingerprint density at radius 3 is 2.53 bits per heavy atom. The van der Waals surface area contributed by atoms with E-state index in [-0.39, 0.29) is 0 Å². The van der Waals surface area contributed by atoms with Crippen LogP contribution in [0.3, 0.4) is 0 Å². The van der Waals surface area contributed by atoms with E-state index >= 15 is 0 Å². The van der Waals surface area contributed by atoms with E-state index in [4.69, 9.17) is 5.73 Å². The summed E-state index contributed by atoms with van der Waals surface area (Å²) in [5, 5.41) is 0. The average Bonchev–Trinajstić information content (AvgIpc) is 2.38. The second-order valence-corrected chi connectivity index (χ2v) is 5.22. The van der Waals surface area contributed by atoms with Crippen LogP contribution in [-0.4, -0.2) is 37.6 Å². The van der Waals surface area contributed by atoms with Crippen molar-refractivity contribution in [1.82, 2.24) is 4.90 Å². The molecule has 17 heavy (non-hydrogen) atoms. The highest BCUT2D eigenvalue weighted by Crippen LogP contribution is 2.28. The molecule has 1 aromatic carbocycles. The highest BCUT2D eigenvalue weighted by molar-refractivity contribution is 9.10. The molecular formula is C13H20BrN3. The molecule has 0 aliphatic carbocycles. The van der Waals surface area contributed by atoms with E-state index in [2.05, 4.69) is 50.9 Å². The van der Waals surface area contributed by atoms with Gasteiger partial charge in [0.1, 0.15) is 0 Å². The van der Waals surface area contributed by atoms with Gasteiger partial charge in [-0.3, -0.25) is 0 Å². The Balaban J connectivity index is 2.15. The monoisotopic (exact) mass is 297 g/mol. The zero-order valence-electron chi connectivity index (χ0n) is 10.3. The van der Waals surface area contributed by atoms with Gasteiger partial charge in [-0.25, -0.2) is 0 Å². The molecule has 0 aromatic heterocycles. The van der Waals surface area contributed by atoms with E-state index in [0.29, 0.717) is 6.54 Å². The van der Waals surface area contributed by atoms with Gasteiger partial charge in [-0.05, 0) is 18.7 Å². The van der Waals surface area contributed by atoms with Crippen LogP contribution in [0.25, 0.3) is 0 Å². The van der Waals surface area contributed by atoms with Gasteiger partial charge in [0.05, 0.1) is 0 Å². The summed E-state index contributed by atoms with van der Waals surface area (Å²) in [6.07, 6.45) is 0. The first-order valence-corrected chi connectivity index (χ1v) is 7.00. The summed E-state index contributed by atoms with van der Waals surface area (Å²) in [7, 11) is 0. The third kappa shape index (κ3) is 2.81. The summed E-state index contributed by atoms with van der Waals surface area (Å²) in [5.74, 6) is 0. The fourth-order valence-electron chi connectivity index (χ4n) is 2.35. The Hall–Kier alpha value is -0.580. The molecule has 1 aliphatic rings. The predicted molar refractivity (Wildman–Crippen MR) is 76.4 cm³/mol. The highest BCUT2D eigenvalue weighted by atomic mass is 79.9. The number of nitrogens with zero attached hydrogens (tertiary/aromatic N) is 2. The van der Waals surface area contributed by atoms with E-state index < -0.39 is 0 Å². The fourth-order valence-corrected chi connectivity index (χ4v) is 2.87. The molecule has 2 N–H and O–H groups in total. The number of anilines is 1. The van der Waals surface area contributed by atoms with Gasteiger partial charge in [0, 0.05) is 48.4 Å². The van der Waals surface area contributed by atoms with E-state index in [1.54, 1.807) is 0 Å². The summed E-state index contributed by atoms with van der Waals surface area (Å²) >= 11 is 3.58. The largest absolute Gasteiger partial charge is 0.369 e. The molecule has 1 fully saturated rings. The third-order valence-corrected chi connectivity index (χ3v) is 4.20. The average molecular weight is 298 g/mol. The van der Waals surface area contributed by atoms with Crippen LogP contribution in [0, 0.1) is 0 Å². The highest BCUT2D eigenvalue weighted by Gasteiger charge is 2.18. The molecule has 2 rings (SSSR count). The van der Waals surface area contributed by atoms with Crippen LogP contribution in [0.2, 0.25) is 0 Å². The molecule has 0 amide bonds. The lowest BCUT2D eigenvalue weighted by Gasteiger charge is -2.36. The van der Waals surface area contributed by atoms with E-state index in [0.717, 1.165) is 37.2 Å². The quantitative estimate of drug-likeness (QED) is 0.927. The van der Waals surface area contributed by atoms with Crippen LogP contribution in [0.5, 0.6) is 0 Å². The van der Waals surface area contributed by atoms with Crippen molar-refractivity contribution in [2.45, 2.75) is 13.5 Å². The normalized spacial score (nSPS) is 17.5. The Morgan fingerprint density at radius 1 is 1.24 bits per heavy atom. The third-order valence-electron chi connectivity index (χ3n) is 3.46. The zero-order valence-corrected chi connectivity index (χ0v) is 11.9. The van der Waals surface area contributed by atoms with Crippen molar-refractivity contribution >= 4 is 21.6 Å². The fraction of sp³-hybridized carbons (Fsp3) is 0.538. The number of benzene rings is 1. The number of likely N-dealkylation sites (N-methyl/N-ethyl adjacent to an activating group) is 1. The minimum Gasteiger partial charge on any atom is -0.369 e. The number of hydrogen-bond acceptors (Lipinski definition) is 3. The predicted octanol–water partition coefficient (Wildman–Crippen LogP) is 2.05. The van der Waals surface area contributed by atoms with Crippen LogP contribution in [-0.2, 0) is 6.54 Å². The summed E-state index contributed by atoms with van der Waals surface area (Å²) in [4.78, 5) is 4.93. The van der Waals surface area contributed by atoms with Gasteiger partial charge < -0.3 is 15.5 Å². The van der Waals surface area contributed by atoms with Gasteiger partial charge in [0.2, 0.25) is 0 Å². The molecule has 0 atom stereocenters. The van der Waals surface area contributed by atoms with Crippen LogP contribution in [0.4, 0.5) is 5.69 Å². The molecule has 4 heteroatoms. The molecule has 0 bridgehead atoms. The van der Waals surface area contributed by atoms with Gasteiger partial charge in [-0.1, -0.05) is 28.9 Å². The number of nitrogens with two attached hydrogens (primary N) is 1.